The maximum Gasteiger partial charge on any atom is 0.410 e. The summed E-state index contributed by atoms with van der Waals surface area (Å²) < 4.78 is 16.7. The average molecular weight is 1260 g/mol. The number of hydrogen-bond donors (Lipinski definition) is 4. The Morgan fingerprint density at radius 3 is 1.14 bits per heavy atom. The molecule has 3 aliphatic heterocycles. The molecule has 0 spiro atoms. The number of amides is 5. The summed E-state index contributed by atoms with van der Waals surface area (Å²) in [6, 6.07) is 11.5. The minimum atomic E-state index is -0.738. The fourth-order valence-corrected chi connectivity index (χ4v) is 13.1. The van der Waals surface area contributed by atoms with Crippen molar-refractivity contribution in [3.8, 4) is 0 Å². The Kier molecular flexibility index (Phi) is 28.1. The summed E-state index contributed by atoms with van der Waals surface area (Å²) in [5.74, 6) is 3.74. The Labute approximate surface area is 505 Å². The third-order valence-corrected chi connectivity index (χ3v) is 18.6. The van der Waals surface area contributed by atoms with E-state index in [9.17, 15) is 28.8 Å². The van der Waals surface area contributed by atoms with Gasteiger partial charge >= 0.3 is 17.6 Å². The van der Waals surface area contributed by atoms with E-state index < -0.39 is 11.0 Å². The smallest absolute Gasteiger partial charge is 0.410 e. The first-order chi connectivity index (χ1) is 37.3. The number of carbonyl (C=O) groups is 6. The highest BCUT2D eigenvalue weighted by Crippen LogP contribution is 2.40. The van der Waals surface area contributed by atoms with Crippen LogP contribution in [0.4, 0.5) is 14.4 Å². The van der Waals surface area contributed by atoms with Crippen LogP contribution in [0.2, 0.25) is 13.0 Å². The summed E-state index contributed by atoms with van der Waals surface area (Å²) in [6.07, 6.45) is 16.3. The summed E-state index contributed by atoms with van der Waals surface area (Å²) in [7, 11) is 0. The maximum absolute atomic E-state index is 12.5. The molecule has 23 heteroatoms. The normalized spacial score (nSPS) is 18.9. The zero-order valence-corrected chi connectivity index (χ0v) is 52.4. The molecule has 6 heterocycles. The lowest BCUT2D eigenvalue weighted by molar-refractivity contribution is 0.0177. The predicted molar refractivity (Wildman–Crippen MR) is 321 cm³/mol. The molecule has 3 saturated heterocycles. The number of halogens is 5. The number of likely N-dealkylation sites (tertiary alicyclic amines) is 2. The highest BCUT2D eigenvalue weighted by atomic mass is 35.5. The van der Waals surface area contributed by atoms with Crippen LogP contribution in [-0.2, 0) is 14.2 Å². The monoisotopic (exact) mass is 1250 g/mol. The van der Waals surface area contributed by atoms with Crippen LogP contribution in [-0.4, -0.2) is 121 Å². The van der Waals surface area contributed by atoms with Gasteiger partial charge in [-0.25, -0.2) is 14.4 Å². The Bertz CT molecular complexity index is 2390. The van der Waals surface area contributed by atoms with Crippen LogP contribution in [0.3, 0.4) is 0 Å². The number of piperidine rings is 3. The fraction of sp³-hybridized carbons (Fsp3) is 0.679. The van der Waals surface area contributed by atoms with Crippen molar-refractivity contribution in [2.24, 2.45) is 35.5 Å². The second kappa shape index (κ2) is 33.3. The Morgan fingerprint density at radius 2 is 0.873 bits per heavy atom. The molecule has 3 aromatic rings. The Balaban J connectivity index is 0.000000207. The Morgan fingerprint density at radius 1 is 0.544 bits per heavy atom. The summed E-state index contributed by atoms with van der Waals surface area (Å²) in [4.78, 5) is 76.4. The van der Waals surface area contributed by atoms with Crippen molar-refractivity contribution in [1.82, 2.24) is 31.1 Å². The van der Waals surface area contributed by atoms with Gasteiger partial charge in [-0.05, 0) is 216 Å². The minimum Gasteiger partial charge on any atom is -0.454 e. The number of ether oxygens (including phenoxy) is 3. The van der Waals surface area contributed by atoms with Crippen molar-refractivity contribution < 1.29 is 43.0 Å². The van der Waals surface area contributed by atoms with E-state index in [1.54, 1.807) is 47.1 Å². The SMILES string of the molecule is CC(C)(C)OC(=O)N1CCC(C[C@H](NC(=O)c2ccc(Cl)s2)C2CC2)CC1.CCOC(=O)Cl.CCOC(=O)N1CCC(C[C@H](NC(=O)c2ccc(Cl)s2)C2CC2)CC1.Cl.O=C(N[C@@H](CC1CCNCC1)C1CC1)c1ccc(Cl)s1. The van der Waals surface area contributed by atoms with Gasteiger partial charge in [0.1, 0.15) is 5.60 Å². The average Bonchev–Trinajstić information content (AvgIpc) is 4.36. The van der Waals surface area contributed by atoms with E-state index in [-0.39, 0.29) is 54.4 Å². The van der Waals surface area contributed by atoms with Gasteiger partial charge in [0.05, 0.1) is 40.9 Å². The van der Waals surface area contributed by atoms with E-state index in [2.05, 4.69) is 26.0 Å². The first-order valence-corrected chi connectivity index (χ1v) is 31.8. The first kappa shape index (κ1) is 66.7. The van der Waals surface area contributed by atoms with Crippen LogP contribution in [0.5, 0.6) is 0 Å². The minimum absolute atomic E-state index is 0. The van der Waals surface area contributed by atoms with Crippen LogP contribution in [0.1, 0.15) is 160 Å². The van der Waals surface area contributed by atoms with Crippen LogP contribution in [0, 0.1) is 35.5 Å². The van der Waals surface area contributed by atoms with Crippen molar-refractivity contribution in [3.63, 3.8) is 0 Å². The predicted octanol–water partition coefficient (Wildman–Crippen LogP) is 14.2. The second-order valence-corrected chi connectivity index (χ2v) is 27.6. The standard InChI is InChI=1S/C20H29ClN2O3S.C18H25ClN2O3S.C15H21ClN2OS.C3H5ClO2.ClH/c1-20(2,3)26-19(25)23-10-8-13(9-11-23)12-15(14-4-5-14)22-18(24)16-6-7-17(21)27-16;1-2-24-18(23)21-9-7-12(8-10-21)11-14(13-3-4-13)20-17(22)15-5-6-16(19)25-15;16-14-4-3-13(20-14)15(19)18-12(11-1-2-11)9-10-5-7-17-8-6-10;1-2-6-3(4)5;/h6-7,13-15H,4-5,8-12H2,1-3H3,(H,22,24);5-6,12-14H,2-4,7-11H2,1H3,(H,20,22);3-4,10-12,17H,1-2,5-9H2,(H,18,19);2H2,1H3;1H/t15-;14-;12-;;/m000../s1. The fourth-order valence-electron chi connectivity index (χ4n) is 10.2. The zero-order chi connectivity index (χ0) is 56.4. The van der Waals surface area contributed by atoms with Gasteiger partial charge in [0.25, 0.3) is 17.7 Å². The molecule has 0 bridgehead atoms. The summed E-state index contributed by atoms with van der Waals surface area (Å²) in [5.41, 5.74) is -1.20. The number of nitrogens with one attached hydrogen (secondary N) is 4. The lowest BCUT2D eigenvalue weighted by atomic mass is 9.88. The van der Waals surface area contributed by atoms with Gasteiger partial charge in [-0.15, -0.1) is 46.4 Å². The van der Waals surface area contributed by atoms with Crippen molar-refractivity contribution in [2.75, 3.05) is 52.5 Å². The molecule has 6 fully saturated rings. The van der Waals surface area contributed by atoms with E-state index >= 15 is 0 Å². The Hall–Kier alpha value is -3.07. The molecule has 3 atom stereocenters. The molecule has 3 saturated carbocycles. The van der Waals surface area contributed by atoms with Crippen LogP contribution < -0.4 is 21.3 Å². The quantitative estimate of drug-likeness (QED) is 0.0749. The molecule has 3 aliphatic carbocycles. The van der Waals surface area contributed by atoms with Gasteiger partial charge in [0.2, 0.25) is 0 Å². The van der Waals surface area contributed by atoms with Crippen LogP contribution in [0.25, 0.3) is 0 Å². The molecular formula is C56H81Cl5N6O9S3. The molecule has 79 heavy (non-hydrogen) atoms. The third-order valence-electron chi connectivity index (χ3n) is 14.8. The topological polar surface area (TPSA) is 185 Å². The highest BCUT2D eigenvalue weighted by molar-refractivity contribution is 7.18. The van der Waals surface area contributed by atoms with Gasteiger partial charge in [0.15, 0.2) is 0 Å². The van der Waals surface area contributed by atoms with Crippen molar-refractivity contribution >= 4 is 128 Å². The summed E-state index contributed by atoms with van der Waals surface area (Å²) in [5, 5.41) is 13.1. The third kappa shape index (κ3) is 24.4. The van der Waals surface area contributed by atoms with Gasteiger partial charge in [-0.3, -0.25) is 14.4 Å². The number of carbonyl (C=O) groups excluding carboxylic acids is 6. The molecule has 442 valence electrons. The molecular weight excluding hydrogens is 1170 g/mol. The first-order valence-electron chi connectivity index (χ1n) is 27.9. The van der Waals surface area contributed by atoms with Gasteiger partial charge in [-0.2, -0.15) is 0 Å². The zero-order valence-electron chi connectivity index (χ0n) is 46.1. The van der Waals surface area contributed by atoms with E-state index in [0.717, 1.165) is 95.0 Å². The van der Waals surface area contributed by atoms with Crippen molar-refractivity contribution in [3.05, 3.63) is 64.0 Å². The molecule has 0 aromatic carbocycles. The lowest BCUT2D eigenvalue weighted by Gasteiger charge is -2.34. The van der Waals surface area contributed by atoms with Crippen LogP contribution in [0.15, 0.2) is 36.4 Å². The molecule has 0 unspecified atom stereocenters. The lowest BCUT2D eigenvalue weighted by Crippen LogP contribution is -2.43. The van der Waals surface area contributed by atoms with Gasteiger partial charge in [0, 0.05) is 55.9 Å². The van der Waals surface area contributed by atoms with Crippen molar-refractivity contribution in [1.29, 1.82) is 0 Å². The summed E-state index contributed by atoms with van der Waals surface area (Å²) in [6.45, 7) is 15.1. The molecule has 5 amide bonds. The van der Waals surface area contributed by atoms with E-state index in [1.165, 1.54) is 85.4 Å². The largest absolute Gasteiger partial charge is 0.454 e. The van der Waals surface area contributed by atoms with Gasteiger partial charge < -0.3 is 45.3 Å². The van der Waals surface area contributed by atoms with E-state index in [1.807, 2.05) is 33.8 Å². The number of hydrogen-bond acceptors (Lipinski definition) is 13. The van der Waals surface area contributed by atoms with Gasteiger partial charge in [-0.1, -0.05) is 34.8 Å². The molecule has 6 aliphatic rings. The number of rotatable bonds is 17. The maximum atomic E-state index is 12.5. The molecule has 4 N–H and O–H groups in total. The molecule has 0 radical (unpaired) electrons. The number of nitrogens with zero attached hydrogens (tertiary/aromatic N) is 2. The van der Waals surface area contributed by atoms with Crippen molar-refractivity contribution in [2.45, 2.75) is 155 Å². The van der Waals surface area contributed by atoms with E-state index in [0.29, 0.717) is 71.6 Å². The summed E-state index contributed by atoms with van der Waals surface area (Å²) >= 11 is 26.5. The number of thiophene rings is 3. The molecule has 15 nitrogen and oxygen atoms in total. The second-order valence-electron chi connectivity index (χ2n) is 22.2. The molecule has 9 rings (SSSR count). The highest BCUT2D eigenvalue weighted by Gasteiger charge is 2.38. The van der Waals surface area contributed by atoms with E-state index in [4.69, 9.17) is 55.9 Å². The van der Waals surface area contributed by atoms with Crippen LogP contribution >= 0.6 is 92.8 Å². The molecule has 3 aromatic heterocycles.